The highest BCUT2D eigenvalue weighted by molar-refractivity contribution is 6.69. The second-order valence-corrected chi connectivity index (χ2v) is 33.6. The summed E-state index contributed by atoms with van der Waals surface area (Å²) in [6.07, 6.45) is -18.0. The summed E-state index contributed by atoms with van der Waals surface area (Å²) in [4.78, 5) is 0. The molecule has 0 spiro atoms. The highest BCUT2D eigenvalue weighted by Crippen LogP contribution is 2.41. The molecular formula is C90H110O21Si. The summed E-state index contributed by atoms with van der Waals surface area (Å²) in [5.41, 5.74) is 7.43. The van der Waals surface area contributed by atoms with Crippen LogP contribution in [0.3, 0.4) is 0 Å². The van der Waals surface area contributed by atoms with Crippen LogP contribution in [0.1, 0.15) is 44.5 Å². The molecule has 600 valence electrons. The Labute approximate surface area is 660 Å². The first-order valence-corrected chi connectivity index (χ1v) is 42.1. The molecule has 8 aromatic rings. The van der Waals surface area contributed by atoms with E-state index in [1.165, 1.54) is 0 Å². The van der Waals surface area contributed by atoms with Crippen molar-refractivity contribution in [2.75, 3.05) is 61.5 Å². The molecule has 4 heterocycles. The van der Waals surface area contributed by atoms with Crippen LogP contribution < -0.4 is 0 Å². The zero-order valence-corrected chi connectivity index (χ0v) is 66.2. The predicted octanol–water partition coefficient (Wildman–Crippen LogP) is 13.7. The van der Waals surface area contributed by atoms with Gasteiger partial charge < -0.3 is 99.2 Å². The van der Waals surface area contributed by atoms with Gasteiger partial charge in [0.15, 0.2) is 33.5 Å². The van der Waals surface area contributed by atoms with Crippen molar-refractivity contribution in [1.82, 2.24) is 0 Å². The third kappa shape index (κ3) is 24.2. The summed E-state index contributed by atoms with van der Waals surface area (Å²) in [6, 6.07) is 79.3. The van der Waals surface area contributed by atoms with E-state index in [1.807, 2.05) is 243 Å². The highest BCUT2D eigenvalue weighted by Gasteiger charge is 2.59. The monoisotopic (exact) mass is 1550 g/mol. The maximum Gasteiger partial charge on any atom is 0.187 e. The lowest BCUT2D eigenvalue weighted by molar-refractivity contribution is -0.399. The maximum absolute atomic E-state index is 7.72. The van der Waals surface area contributed by atoms with Gasteiger partial charge in [-0.15, -0.1) is 6.58 Å². The number of hydrogen-bond acceptors (Lipinski definition) is 21. The molecular weight excluding hydrogens is 1450 g/mol. The number of benzene rings is 8. The Kier molecular flexibility index (Phi) is 33.2. The largest absolute Gasteiger partial charge is 0.409 e. The molecule has 21 nitrogen and oxygen atoms in total. The lowest BCUT2D eigenvalue weighted by Crippen LogP contribution is -2.69. The third-order valence-corrected chi connectivity index (χ3v) is 20.9. The van der Waals surface area contributed by atoms with Crippen molar-refractivity contribution >= 4 is 8.32 Å². The van der Waals surface area contributed by atoms with Gasteiger partial charge in [0.05, 0.1) is 85.9 Å². The Morgan fingerprint density at radius 1 is 0.268 bits per heavy atom. The van der Waals surface area contributed by atoms with E-state index in [1.54, 1.807) is 34.5 Å². The fraction of sp³-hybridized carbons (Fsp3) is 0.444. The summed E-state index contributed by atoms with van der Waals surface area (Å²) in [7, 11) is 4.15. The van der Waals surface area contributed by atoms with Gasteiger partial charge in [-0.05, 0) is 64.1 Å². The molecule has 8 aromatic carbocycles. The van der Waals surface area contributed by atoms with Crippen molar-refractivity contribution in [1.29, 1.82) is 0 Å². The zero-order chi connectivity index (χ0) is 77.7. The number of rotatable bonds is 43. The van der Waals surface area contributed by atoms with Crippen molar-refractivity contribution < 1.29 is 99.2 Å². The van der Waals surface area contributed by atoms with E-state index in [0.29, 0.717) is 6.61 Å². The average Bonchev–Trinajstić information content (AvgIpc) is 0.763. The molecule has 0 unspecified atom stereocenters. The number of methoxy groups -OCH3 is 4. The van der Waals surface area contributed by atoms with Crippen LogP contribution in [0.5, 0.6) is 0 Å². The lowest BCUT2D eigenvalue weighted by atomic mass is 9.94. The lowest BCUT2D eigenvalue weighted by Gasteiger charge is -2.52. The minimum Gasteiger partial charge on any atom is -0.409 e. The third-order valence-electron chi connectivity index (χ3n) is 19.9. The molecule has 0 aromatic heterocycles. The standard InChI is InChI=1S/C90H110O21Si/c1-9-50-99-87-83(100-55-67-42-26-14-27-43-67)79(91-2)75(71(104-87)59-95-51-63-34-18-10-19-35-63)108-88-84(101-56-68-44-28-15-29-45-68)80(92-3)76(72(105-88)60-96-52-64-36-20-11-21-37-64)109-89-85(102-57-69-46-30-16-31-47-69)81(93-4)77(73(106-89)61-97-53-65-38-22-12-23-39-65)110-90-86(103-58-70-48-32-17-33-49-70)82(94-5)78(111-112(6,7)8)74(107-90)62-98-54-66-40-24-13-25-41-66/h9-49,71-90H,1,50-62H2,2-8H3/t71-,72-,73-,74-,75-,76-,77-,78-,79+,80+,81+,82+,83+,84+,85+,86+,87+,88-,89-,90-/m1/s1. The van der Waals surface area contributed by atoms with Crippen LogP contribution in [0.25, 0.3) is 0 Å². The van der Waals surface area contributed by atoms with Crippen LogP contribution in [0, 0.1) is 0 Å². The first kappa shape index (κ1) is 84.3. The predicted molar refractivity (Wildman–Crippen MR) is 421 cm³/mol. The van der Waals surface area contributed by atoms with Gasteiger partial charge in [0.1, 0.15) is 97.7 Å². The molecule has 0 N–H and O–H groups in total. The Morgan fingerprint density at radius 2 is 0.482 bits per heavy atom. The molecule has 0 amide bonds. The zero-order valence-electron chi connectivity index (χ0n) is 65.2. The van der Waals surface area contributed by atoms with Gasteiger partial charge >= 0.3 is 0 Å². The Balaban J connectivity index is 0.933. The van der Waals surface area contributed by atoms with E-state index < -0.39 is 131 Å². The molecule has 0 bridgehead atoms. The van der Waals surface area contributed by atoms with Crippen LogP contribution in [0.4, 0.5) is 0 Å². The molecule has 4 aliphatic rings. The topological polar surface area (TPSA) is 194 Å². The van der Waals surface area contributed by atoms with E-state index in [9.17, 15) is 0 Å². The summed E-state index contributed by atoms with van der Waals surface area (Å²) in [5.74, 6) is 0. The van der Waals surface area contributed by atoms with Gasteiger partial charge in [-0.3, -0.25) is 0 Å². The average molecular weight is 1560 g/mol. The van der Waals surface area contributed by atoms with Gasteiger partial charge in [-0.25, -0.2) is 0 Å². The van der Waals surface area contributed by atoms with Crippen LogP contribution in [-0.4, -0.2) is 193 Å². The number of ether oxygens (including phenoxy) is 20. The molecule has 112 heavy (non-hydrogen) atoms. The van der Waals surface area contributed by atoms with Crippen molar-refractivity contribution in [3.05, 3.63) is 300 Å². The van der Waals surface area contributed by atoms with Gasteiger partial charge in [0, 0.05) is 28.4 Å². The molecule has 0 saturated carbocycles. The fourth-order valence-electron chi connectivity index (χ4n) is 14.5. The fourth-order valence-corrected chi connectivity index (χ4v) is 15.6. The molecule has 12 rings (SSSR count). The van der Waals surface area contributed by atoms with Crippen molar-refractivity contribution in [3.63, 3.8) is 0 Å². The van der Waals surface area contributed by atoms with E-state index in [-0.39, 0.29) is 79.3 Å². The smallest absolute Gasteiger partial charge is 0.187 e. The number of hydrogen-bond donors (Lipinski definition) is 0. The Morgan fingerprint density at radius 3 is 0.714 bits per heavy atom. The second-order valence-electron chi connectivity index (χ2n) is 29.1. The summed E-state index contributed by atoms with van der Waals surface area (Å²) < 4.78 is 148. The van der Waals surface area contributed by atoms with E-state index in [4.69, 9.17) is 99.2 Å². The molecule has 4 aliphatic heterocycles. The molecule has 0 aliphatic carbocycles. The van der Waals surface area contributed by atoms with Gasteiger partial charge in [0.2, 0.25) is 0 Å². The summed E-state index contributed by atoms with van der Waals surface area (Å²) >= 11 is 0. The summed E-state index contributed by atoms with van der Waals surface area (Å²) in [6.45, 7) is 12.2. The minimum absolute atomic E-state index is 0.0353. The Bertz CT molecular complexity index is 3880. The second kappa shape index (κ2) is 44.1. The van der Waals surface area contributed by atoms with Gasteiger partial charge in [0.25, 0.3) is 0 Å². The van der Waals surface area contributed by atoms with Gasteiger partial charge in [-0.2, -0.15) is 0 Å². The summed E-state index contributed by atoms with van der Waals surface area (Å²) in [5, 5.41) is 0. The molecule has 20 atom stereocenters. The van der Waals surface area contributed by atoms with E-state index in [0.717, 1.165) is 44.5 Å². The first-order chi connectivity index (χ1) is 55.0. The van der Waals surface area contributed by atoms with Crippen LogP contribution in [0.2, 0.25) is 19.6 Å². The van der Waals surface area contributed by atoms with E-state index >= 15 is 0 Å². The first-order valence-electron chi connectivity index (χ1n) is 38.6. The maximum atomic E-state index is 7.72. The molecule has 4 saturated heterocycles. The quantitative estimate of drug-likeness (QED) is 0.0258. The normalized spacial score (nSPS) is 28.2. The van der Waals surface area contributed by atoms with Crippen LogP contribution in [-0.2, 0) is 152 Å². The SMILES string of the molecule is C=CCO[C@H]1O[C@H](COCc2ccccc2)[C@@H](O[C@H]2O[C@H](COCc3ccccc3)[C@@H](O[C@H]3O[C@H](COCc4ccccc4)[C@@H](O[C@H]4O[C@H](COCc5ccccc5)[C@@H](O[Si](C)(C)C)[C@H](OC)[C@@H]4OCc4ccccc4)[C@H](OC)[C@@H]3OCc3ccccc3)[C@H](OC)[C@@H]2OCc2ccccc2)[C@H](OC)[C@@H]1OCc1ccccc1. The van der Waals surface area contributed by atoms with Crippen LogP contribution >= 0.6 is 0 Å². The van der Waals surface area contributed by atoms with Crippen molar-refractivity contribution in [2.45, 2.75) is 195 Å². The Hall–Kier alpha value is -7.12. The highest BCUT2D eigenvalue weighted by atomic mass is 28.4. The molecule has 22 heteroatoms. The van der Waals surface area contributed by atoms with Crippen molar-refractivity contribution in [2.24, 2.45) is 0 Å². The van der Waals surface area contributed by atoms with E-state index in [2.05, 4.69) is 26.2 Å². The molecule has 4 fully saturated rings. The minimum atomic E-state index is -2.36. The van der Waals surface area contributed by atoms with Gasteiger partial charge in [-0.1, -0.05) is 249 Å². The molecule has 0 radical (unpaired) electrons. The van der Waals surface area contributed by atoms with Crippen molar-refractivity contribution in [3.8, 4) is 0 Å². The van der Waals surface area contributed by atoms with Crippen LogP contribution in [0.15, 0.2) is 255 Å².